The first-order chi connectivity index (χ1) is 12.6. The van der Waals surface area contributed by atoms with Crippen molar-refractivity contribution >= 4 is 11.6 Å². The molecule has 1 amide bonds. The summed E-state index contributed by atoms with van der Waals surface area (Å²) in [5.74, 6) is -0.0887. The van der Waals surface area contributed by atoms with E-state index < -0.39 is 5.82 Å². The first-order valence-corrected chi connectivity index (χ1v) is 8.20. The zero-order valence-electron chi connectivity index (χ0n) is 14.6. The number of rotatable bonds is 6. The lowest BCUT2D eigenvalue weighted by Crippen LogP contribution is -2.34. The van der Waals surface area contributed by atoms with Crippen molar-refractivity contribution in [1.29, 1.82) is 0 Å². The maximum Gasteiger partial charge on any atom is 0.265 e. The lowest BCUT2D eigenvalue weighted by atomic mass is 10.1. The number of aryl methyl sites for hydroxylation is 2. The van der Waals surface area contributed by atoms with Crippen LogP contribution in [0.25, 0.3) is 0 Å². The zero-order valence-corrected chi connectivity index (χ0v) is 14.6. The summed E-state index contributed by atoms with van der Waals surface area (Å²) in [6.07, 6.45) is 0. The number of carbonyl (C=O) groups excluding carboxylic acids is 1. The molecule has 0 atom stereocenters. The number of hydrogen-bond acceptors (Lipinski definition) is 4. The molecular weight excluding hydrogens is 335 g/mol. The van der Waals surface area contributed by atoms with Crippen LogP contribution in [0.5, 0.6) is 5.75 Å². The molecule has 5 nitrogen and oxygen atoms in total. The van der Waals surface area contributed by atoms with Gasteiger partial charge in [0.05, 0.1) is 12.2 Å². The Kier molecular flexibility index (Phi) is 5.31. The summed E-state index contributed by atoms with van der Waals surface area (Å²) < 4.78 is 24.3. The smallest absolute Gasteiger partial charge is 0.265 e. The van der Waals surface area contributed by atoms with Crippen LogP contribution in [0.15, 0.2) is 59.1 Å². The lowest BCUT2D eigenvalue weighted by Gasteiger charge is -2.23. The average molecular weight is 354 g/mol. The van der Waals surface area contributed by atoms with Gasteiger partial charge in [-0.2, -0.15) is 0 Å². The molecule has 0 saturated heterocycles. The Morgan fingerprint density at radius 1 is 1.12 bits per heavy atom. The van der Waals surface area contributed by atoms with Gasteiger partial charge in [0.15, 0.2) is 18.2 Å². The van der Waals surface area contributed by atoms with Crippen molar-refractivity contribution < 1.29 is 18.4 Å². The van der Waals surface area contributed by atoms with Gasteiger partial charge in [-0.1, -0.05) is 35.5 Å². The Hall–Kier alpha value is -3.15. The SMILES string of the molecule is Cc1noc(C)c1CN(C(=O)COc1ccccc1F)c1ccccc1. The molecule has 0 N–H and O–H groups in total. The van der Waals surface area contributed by atoms with E-state index in [1.54, 1.807) is 24.0 Å². The van der Waals surface area contributed by atoms with Crippen molar-refractivity contribution in [2.24, 2.45) is 0 Å². The highest BCUT2D eigenvalue weighted by atomic mass is 19.1. The molecule has 6 heteroatoms. The van der Waals surface area contributed by atoms with Crippen molar-refractivity contribution in [2.45, 2.75) is 20.4 Å². The van der Waals surface area contributed by atoms with Gasteiger partial charge >= 0.3 is 0 Å². The highest BCUT2D eigenvalue weighted by Crippen LogP contribution is 2.22. The minimum atomic E-state index is -0.503. The number of para-hydroxylation sites is 2. The van der Waals surface area contributed by atoms with Crippen LogP contribution in [0.3, 0.4) is 0 Å². The molecule has 0 saturated carbocycles. The standard InChI is InChI=1S/C20H19FN2O3/c1-14-17(15(2)26-22-14)12-23(16-8-4-3-5-9-16)20(24)13-25-19-11-7-6-10-18(19)21/h3-11H,12-13H2,1-2H3. The third-order valence-electron chi connectivity index (χ3n) is 4.05. The lowest BCUT2D eigenvalue weighted by molar-refractivity contribution is -0.120. The largest absolute Gasteiger partial charge is 0.481 e. The number of halogens is 1. The van der Waals surface area contributed by atoms with Crippen LogP contribution in [0.4, 0.5) is 10.1 Å². The van der Waals surface area contributed by atoms with Crippen LogP contribution in [-0.4, -0.2) is 17.7 Å². The highest BCUT2D eigenvalue weighted by Gasteiger charge is 2.21. The van der Waals surface area contributed by atoms with E-state index >= 15 is 0 Å². The maximum atomic E-state index is 13.7. The molecule has 0 aliphatic rings. The molecule has 0 radical (unpaired) electrons. The minimum absolute atomic E-state index is 0.0474. The van der Waals surface area contributed by atoms with Crippen molar-refractivity contribution in [2.75, 3.05) is 11.5 Å². The van der Waals surface area contributed by atoms with Crippen molar-refractivity contribution in [3.05, 3.63) is 77.4 Å². The number of carbonyl (C=O) groups is 1. The molecule has 0 fully saturated rings. The molecule has 0 unspecified atom stereocenters. The second kappa shape index (κ2) is 7.82. The van der Waals surface area contributed by atoms with Gasteiger partial charge in [0.2, 0.25) is 0 Å². The number of nitrogens with zero attached hydrogens (tertiary/aromatic N) is 2. The molecule has 0 aliphatic carbocycles. The molecule has 3 rings (SSSR count). The number of anilines is 1. The minimum Gasteiger partial charge on any atom is -0.481 e. The number of amides is 1. The molecule has 0 aliphatic heterocycles. The van der Waals surface area contributed by atoms with Gasteiger partial charge in [-0.3, -0.25) is 4.79 Å². The van der Waals surface area contributed by atoms with Crippen LogP contribution in [0.2, 0.25) is 0 Å². The second-order valence-electron chi connectivity index (χ2n) is 5.84. The first-order valence-electron chi connectivity index (χ1n) is 8.20. The quantitative estimate of drug-likeness (QED) is 0.670. The number of hydrogen-bond donors (Lipinski definition) is 0. The predicted molar refractivity (Wildman–Crippen MR) is 95.5 cm³/mol. The fraction of sp³-hybridized carbons (Fsp3) is 0.200. The Morgan fingerprint density at radius 3 is 2.46 bits per heavy atom. The Morgan fingerprint density at radius 2 is 1.81 bits per heavy atom. The third-order valence-corrected chi connectivity index (χ3v) is 4.05. The van der Waals surface area contributed by atoms with Crippen LogP contribution >= 0.6 is 0 Å². The fourth-order valence-electron chi connectivity index (χ4n) is 2.60. The fourth-order valence-corrected chi connectivity index (χ4v) is 2.60. The molecule has 1 heterocycles. The molecule has 1 aromatic heterocycles. The summed E-state index contributed by atoms with van der Waals surface area (Å²) >= 11 is 0. The van der Waals surface area contributed by atoms with E-state index in [2.05, 4.69) is 5.16 Å². The van der Waals surface area contributed by atoms with E-state index in [9.17, 15) is 9.18 Å². The number of benzene rings is 2. The summed E-state index contributed by atoms with van der Waals surface area (Å²) in [5, 5.41) is 3.93. The summed E-state index contributed by atoms with van der Waals surface area (Å²) in [6.45, 7) is 3.65. The van der Waals surface area contributed by atoms with Gasteiger partial charge in [0.25, 0.3) is 5.91 Å². The highest BCUT2D eigenvalue weighted by molar-refractivity contribution is 5.94. The van der Waals surface area contributed by atoms with Gasteiger partial charge in [0.1, 0.15) is 5.76 Å². The maximum absolute atomic E-state index is 13.7. The van der Waals surface area contributed by atoms with Crippen molar-refractivity contribution in [3.63, 3.8) is 0 Å². The Balaban J connectivity index is 1.81. The van der Waals surface area contributed by atoms with Crippen molar-refractivity contribution in [3.8, 4) is 5.75 Å². The molecular formula is C20H19FN2O3. The normalized spacial score (nSPS) is 10.6. The Labute approximate surface area is 151 Å². The molecule has 26 heavy (non-hydrogen) atoms. The molecule has 2 aromatic carbocycles. The molecule has 0 spiro atoms. The monoisotopic (exact) mass is 354 g/mol. The Bertz CT molecular complexity index is 874. The van der Waals surface area contributed by atoms with Gasteiger partial charge in [-0.05, 0) is 38.1 Å². The average Bonchev–Trinajstić information content (AvgIpc) is 2.97. The first kappa shape index (κ1) is 17.7. The summed E-state index contributed by atoms with van der Waals surface area (Å²) in [6, 6.07) is 15.2. The third kappa shape index (κ3) is 3.91. The zero-order chi connectivity index (χ0) is 18.5. The topological polar surface area (TPSA) is 55.6 Å². The van der Waals surface area contributed by atoms with Crippen LogP contribution in [0.1, 0.15) is 17.0 Å². The van der Waals surface area contributed by atoms with E-state index in [1.165, 1.54) is 12.1 Å². The van der Waals surface area contributed by atoms with E-state index in [0.717, 1.165) is 16.9 Å². The number of aromatic nitrogens is 1. The van der Waals surface area contributed by atoms with Gasteiger partial charge < -0.3 is 14.2 Å². The summed E-state index contributed by atoms with van der Waals surface area (Å²) in [5.41, 5.74) is 2.29. The van der Waals surface area contributed by atoms with E-state index in [0.29, 0.717) is 12.3 Å². The predicted octanol–water partition coefficient (Wildman–Crippen LogP) is 4.04. The summed E-state index contributed by atoms with van der Waals surface area (Å²) in [7, 11) is 0. The second-order valence-corrected chi connectivity index (χ2v) is 5.84. The van der Waals surface area contributed by atoms with Crippen LogP contribution in [0, 0.1) is 19.7 Å². The van der Waals surface area contributed by atoms with Gasteiger partial charge in [-0.15, -0.1) is 0 Å². The van der Waals surface area contributed by atoms with E-state index in [1.807, 2.05) is 37.3 Å². The van der Waals surface area contributed by atoms with E-state index in [4.69, 9.17) is 9.26 Å². The molecule has 0 bridgehead atoms. The van der Waals surface area contributed by atoms with Gasteiger partial charge in [-0.25, -0.2) is 4.39 Å². The van der Waals surface area contributed by atoms with E-state index in [-0.39, 0.29) is 18.3 Å². The summed E-state index contributed by atoms with van der Waals surface area (Å²) in [4.78, 5) is 14.4. The van der Waals surface area contributed by atoms with Crippen molar-refractivity contribution in [1.82, 2.24) is 5.16 Å². The molecule has 3 aromatic rings. The number of ether oxygens (including phenoxy) is 1. The molecule has 134 valence electrons. The van der Waals surface area contributed by atoms with Crippen LogP contribution < -0.4 is 9.64 Å². The van der Waals surface area contributed by atoms with Gasteiger partial charge in [0, 0.05) is 11.3 Å². The van der Waals surface area contributed by atoms with Crippen LogP contribution in [-0.2, 0) is 11.3 Å².